The fraction of sp³-hybridized carbons (Fsp3) is 0.333. The van der Waals surface area contributed by atoms with E-state index in [1.807, 2.05) is 24.3 Å². The van der Waals surface area contributed by atoms with Crippen molar-refractivity contribution < 1.29 is 9.47 Å². The molecule has 118 valence electrons. The number of halogens is 2. The molecule has 7 heteroatoms. The molecule has 0 bridgehead atoms. The Morgan fingerprint density at radius 1 is 1.09 bits per heavy atom. The summed E-state index contributed by atoms with van der Waals surface area (Å²) in [4.78, 5) is 11.8. The van der Waals surface area contributed by atoms with Gasteiger partial charge in [-0.25, -0.2) is 4.68 Å². The van der Waals surface area contributed by atoms with Gasteiger partial charge in [-0.05, 0) is 30.7 Å². The lowest BCUT2D eigenvalue weighted by atomic mass is 10.3. The first-order valence-corrected chi connectivity index (χ1v) is 7.64. The summed E-state index contributed by atoms with van der Waals surface area (Å²) in [5, 5.41) is 4.02. The molecule has 1 aromatic carbocycles. The molecule has 2 rings (SSSR count). The monoisotopic (exact) mass is 342 g/mol. The summed E-state index contributed by atoms with van der Waals surface area (Å²) in [6.07, 6.45) is 2.30. The number of ether oxygens (including phenoxy) is 2. The fourth-order valence-electron chi connectivity index (χ4n) is 1.71. The van der Waals surface area contributed by atoms with Crippen LogP contribution in [-0.4, -0.2) is 23.0 Å². The summed E-state index contributed by atoms with van der Waals surface area (Å²) >= 11 is 11.5. The molecule has 0 N–H and O–H groups in total. The van der Waals surface area contributed by atoms with Gasteiger partial charge < -0.3 is 9.47 Å². The molecule has 0 radical (unpaired) electrons. The first kappa shape index (κ1) is 16.6. The van der Waals surface area contributed by atoms with Crippen LogP contribution in [0.2, 0.25) is 10.0 Å². The Morgan fingerprint density at radius 3 is 2.27 bits per heavy atom. The van der Waals surface area contributed by atoms with Gasteiger partial charge in [-0.1, -0.05) is 30.1 Å². The summed E-state index contributed by atoms with van der Waals surface area (Å²) in [7, 11) is 0. The number of benzene rings is 1. The first-order valence-electron chi connectivity index (χ1n) is 6.88. The van der Waals surface area contributed by atoms with Gasteiger partial charge in [-0.3, -0.25) is 4.79 Å². The van der Waals surface area contributed by atoms with E-state index < -0.39 is 5.56 Å². The van der Waals surface area contributed by atoms with E-state index in [0.29, 0.717) is 19.0 Å². The lowest BCUT2D eigenvalue weighted by molar-refractivity contribution is 0.286. The zero-order valence-corrected chi connectivity index (χ0v) is 13.6. The predicted octanol–water partition coefficient (Wildman–Crippen LogP) is 3.42. The molecule has 0 unspecified atom stereocenters. The molecule has 0 fully saturated rings. The quantitative estimate of drug-likeness (QED) is 0.773. The van der Waals surface area contributed by atoms with Crippen LogP contribution >= 0.6 is 23.2 Å². The van der Waals surface area contributed by atoms with Gasteiger partial charge in [0, 0.05) is 0 Å². The smallest absolute Gasteiger partial charge is 0.287 e. The van der Waals surface area contributed by atoms with Crippen LogP contribution in [-0.2, 0) is 6.54 Å². The predicted molar refractivity (Wildman–Crippen MR) is 86.2 cm³/mol. The van der Waals surface area contributed by atoms with Crippen LogP contribution in [0.3, 0.4) is 0 Å². The summed E-state index contributed by atoms with van der Waals surface area (Å²) in [5.41, 5.74) is -0.430. The van der Waals surface area contributed by atoms with Crippen LogP contribution in [0.1, 0.15) is 13.3 Å². The van der Waals surface area contributed by atoms with Crippen molar-refractivity contribution in [2.45, 2.75) is 19.9 Å². The zero-order chi connectivity index (χ0) is 15.9. The Morgan fingerprint density at radius 2 is 1.68 bits per heavy atom. The molecule has 2 aromatic rings. The van der Waals surface area contributed by atoms with Crippen molar-refractivity contribution in [3.63, 3.8) is 0 Å². The van der Waals surface area contributed by atoms with Crippen molar-refractivity contribution in [1.82, 2.24) is 9.78 Å². The Labute approximate surface area is 138 Å². The lowest BCUT2D eigenvalue weighted by Gasteiger charge is -2.09. The van der Waals surface area contributed by atoms with Crippen molar-refractivity contribution in [2.24, 2.45) is 0 Å². The van der Waals surface area contributed by atoms with Crippen LogP contribution in [0, 0.1) is 0 Å². The van der Waals surface area contributed by atoms with Crippen molar-refractivity contribution in [2.75, 3.05) is 13.2 Å². The van der Waals surface area contributed by atoms with Gasteiger partial charge in [0.1, 0.15) is 23.1 Å². The van der Waals surface area contributed by atoms with Gasteiger partial charge in [-0.2, -0.15) is 5.10 Å². The second kappa shape index (κ2) is 8.06. The first-order chi connectivity index (χ1) is 10.6. The second-order valence-corrected chi connectivity index (χ2v) is 5.29. The molecule has 22 heavy (non-hydrogen) atoms. The van der Waals surface area contributed by atoms with Gasteiger partial charge in [0.2, 0.25) is 0 Å². The average molecular weight is 343 g/mol. The van der Waals surface area contributed by atoms with Crippen LogP contribution in [0.25, 0.3) is 0 Å². The Bertz CT molecular complexity index is 671. The fourth-order valence-corrected chi connectivity index (χ4v) is 1.98. The third-order valence-corrected chi connectivity index (χ3v) is 3.56. The Kier molecular flexibility index (Phi) is 6.10. The highest BCUT2D eigenvalue weighted by Gasteiger charge is 2.07. The maximum absolute atomic E-state index is 11.8. The van der Waals surface area contributed by atoms with E-state index >= 15 is 0 Å². The van der Waals surface area contributed by atoms with Crippen molar-refractivity contribution in [1.29, 1.82) is 0 Å². The van der Waals surface area contributed by atoms with E-state index in [-0.39, 0.29) is 16.6 Å². The molecule has 0 atom stereocenters. The summed E-state index contributed by atoms with van der Waals surface area (Å²) in [5.74, 6) is 1.49. The number of aromatic nitrogens is 2. The van der Waals surface area contributed by atoms with Gasteiger partial charge >= 0.3 is 0 Å². The van der Waals surface area contributed by atoms with Crippen LogP contribution < -0.4 is 15.0 Å². The largest absolute Gasteiger partial charge is 0.494 e. The normalized spacial score (nSPS) is 10.5. The van der Waals surface area contributed by atoms with Crippen molar-refractivity contribution in [3.05, 3.63) is 50.9 Å². The molecule has 0 spiro atoms. The topological polar surface area (TPSA) is 53.4 Å². The molecule has 5 nitrogen and oxygen atoms in total. The summed E-state index contributed by atoms with van der Waals surface area (Å²) < 4.78 is 12.3. The molecule has 0 aliphatic rings. The van der Waals surface area contributed by atoms with Gasteiger partial charge in [0.25, 0.3) is 5.56 Å². The van der Waals surface area contributed by atoms with E-state index in [9.17, 15) is 4.79 Å². The van der Waals surface area contributed by atoms with Crippen molar-refractivity contribution >= 4 is 23.2 Å². The number of hydrogen-bond acceptors (Lipinski definition) is 4. The van der Waals surface area contributed by atoms with Gasteiger partial charge in [0.15, 0.2) is 0 Å². The minimum absolute atomic E-state index is 0.0332. The van der Waals surface area contributed by atoms with Crippen molar-refractivity contribution in [3.8, 4) is 11.5 Å². The van der Waals surface area contributed by atoms with Crippen LogP contribution in [0.4, 0.5) is 0 Å². The van der Waals surface area contributed by atoms with E-state index in [0.717, 1.165) is 12.2 Å². The van der Waals surface area contributed by atoms with Gasteiger partial charge in [-0.15, -0.1) is 0 Å². The molecule has 0 aliphatic heterocycles. The van der Waals surface area contributed by atoms with E-state index in [1.54, 1.807) is 0 Å². The average Bonchev–Trinajstić information content (AvgIpc) is 2.54. The van der Waals surface area contributed by atoms with E-state index in [2.05, 4.69) is 12.0 Å². The van der Waals surface area contributed by atoms with E-state index in [1.165, 1.54) is 10.9 Å². The minimum Gasteiger partial charge on any atom is -0.494 e. The molecular weight excluding hydrogens is 327 g/mol. The summed E-state index contributed by atoms with van der Waals surface area (Å²) in [6, 6.07) is 7.31. The SMILES string of the molecule is CCCOc1ccc(OCCn2ncc(Cl)c(Cl)c2=O)cc1. The lowest BCUT2D eigenvalue weighted by Crippen LogP contribution is -2.25. The molecule has 0 saturated heterocycles. The molecule has 0 aliphatic carbocycles. The summed E-state index contributed by atoms with van der Waals surface area (Å²) in [6.45, 7) is 3.31. The molecule has 0 saturated carbocycles. The molecular formula is C15H16Cl2N2O3. The maximum atomic E-state index is 11.8. The highest BCUT2D eigenvalue weighted by molar-refractivity contribution is 6.41. The highest BCUT2D eigenvalue weighted by Crippen LogP contribution is 2.18. The third kappa shape index (κ3) is 4.39. The van der Waals surface area contributed by atoms with Crippen LogP contribution in [0.5, 0.6) is 11.5 Å². The van der Waals surface area contributed by atoms with Gasteiger partial charge in [0.05, 0.1) is 24.4 Å². The molecule has 1 aromatic heterocycles. The Hall–Kier alpha value is -1.72. The maximum Gasteiger partial charge on any atom is 0.287 e. The standard InChI is InChI=1S/C15H16Cl2N2O3/c1-2-8-21-11-3-5-12(6-4-11)22-9-7-19-15(20)14(17)13(16)10-18-19/h3-6,10H,2,7-9H2,1H3. The van der Waals surface area contributed by atoms with Crippen LogP contribution in [0.15, 0.2) is 35.3 Å². The molecule has 0 amide bonds. The third-order valence-electron chi connectivity index (χ3n) is 2.81. The minimum atomic E-state index is -0.430. The molecule has 1 heterocycles. The second-order valence-electron chi connectivity index (χ2n) is 4.50. The zero-order valence-electron chi connectivity index (χ0n) is 12.1. The number of hydrogen-bond donors (Lipinski definition) is 0. The Balaban J connectivity index is 1.89. The number of nitrogens with zero attached hydrogens (tertiary/aromatic N) is 2. The number of rotatable bonds is 7. The highest BCUT2D eigenvalue weighted by atomic mass is 35.5. The van der Waals surface area contributed by atoms with E-state index in [4.69, 9.17) is 32.7 Å².